The molecule has 2 saturated heterocycles. The smallest absolute Gasteiger partial charge is 0.391 e. The van der Waals surface area contributed by atoms with E-state index in [0.29, 0.717) is 44.5 Å². The second-order valence-corrected chi connectivity index (χ2v) is 7.96. The van der Waals surface area contributed by atoms with E-state index in [1.165, 1.54) is 6.07 Å². The number of oxime groups is 1. The number of nitrogens with one attached hydrogen (secondary N) is 1. The Morgan fingerprint density at radius 3 is 2.59 bits per heavy atom. The highest BCUT2D eigenvalue weighted by molar-refractivity contribution is 5.87. The van der Waals surface area contributed by atoms with E-state index < -0.39 is 11.7 Å². The first-order valence-electron chi connectivity index (χ1n) is 11.0. The maximum Gasteiger partial charge on any atom is 0.416 e. The molecule has 7 nitrogen and oxygen atoms in total. The Labute approximate surface area is 186 Å². The molecule has 32 heavy (non-hydrogen) atoms. The van der Waals surface area contributed by atoms with Gasteiger partial charge in [0.1, 0.15) is 6.61 Å². The molecule has 178 valence electrons. The Morgan fingerprint density at radius 2 is 1.88 bits per heavy atom. The van der Waals surface area contributed by atoms with Gasteiger partial charge < -0.3 is 19.8 Å². The molecule has 1 amide bonds. The van der Waals surface area contributed by atoms with Gasteiger partial charge in [0.05, 0.1) is 24.5 Å². The fourth-order valence-electron chi connectivity index (χ4n) is 3.68. The van der Waals surface area contributed by atoms with Crippen LogP contribution in [0.15, 0.2) is 29.4 Å². The average Bonchev–Trinajstić information content (AvgIpc) is 2.79. The summed E-state index contributed by atoms with van der Waals surface area (Å²) >= 11 is 0. The van der Waals surface area contributed by atoms with E-state index in [1.54, 1.807) is 6.07 Å². The van der Waals surface area contributed by atoms with Crippen LogP contribution in [0.3, 0.4) is 0 Å². The maximum atomic E-state index is 12.8. The molecule has 0 saturated carbocycles. The molecule has 0 spiro atoms. The summed E-state index contributed by atoms with van der Waals surface area (Å²) in [6, 6.07) is 5.03. The van der Waals surface area contributed by atoms with Crippen molar-refractivity contribution in [3.8, 4) is 0 Å². The Kier molecular flexibility index (Phi) is 9.31. The summed E-state index contributed by atoms with van der Waals surface area (Å²) in [5, 5.41) is 7.39. The molecule has 2 aliphatic rings. The summed E-state index contributed by atoms with van der Waals surface area (Å²) in [5.74, 6) is 0.118. The van der Waals surface area contributed by atoms with E-state index in [9.17, 15) is 18.0 Å². The summed E-state index contributed by atoms with van der Waals surface area (Å²) < 4.78 is 43.6. The highest BCUT2D eigenvalue weighted by Crippen LogP contribution is 2.29. The van der Waals surface area contributed by atoms with Gasteiger partial charge in [-0.1, -0.05) is 17.3 Å². The first-order valence-corrected chi connectivity index (χ1v) is 11.0. The normalized spacial score (nSPS) is 18.0. The third-order valence-electron chi connectivity index (χ3n) is 5.60. The third-order valence-corrected chi connectivity index (χ3v) is 5.60. The van der Waals surface area contributed by atoms with Gasteiger partial charge in [0.2, 0.25) is 5.91 Å². The summed E-state index contributed by atoms with van der Waals surface area (Å²) in [6.45, 7) is 7.10. The van der Waals surface area contributed by atoms with Gasteiger partial charge in [0.25, 0.3) is 0 Å². The number of hydrogen-bond acceptors (Lipinski definition) is 6. The van der Waals surface area contributed by atoms with Crippen molar-refractivity contribution >= 4 is 11.6 Å². The minimum atomic E-state index is -4.38. The van der Waals surface area contributed by atoms with Crippen LogP contribution in [0.25, 0.3) is 0 Å². The number of likely N-dealkylation sites (tertiary alicyclic amines) is 1. The molecule has 10 heteroatoms. The minimum absolute atomic E-state index is 0.0216. The van der Waals surface area contributed by atoms with Gasteiger partial charge in [0.15, 0.2) is 0 Å². The Bertz CT molecular complexity index is 757. The summed E-state index contributed by atoms with van der Waals surface area (Å²) in [6.07, 6.45) is -2.70. The predicted octanol–water partition coefficient (Wildman–Crippen LogP) is 2.51. The molecular weight excluding hydrogens is 425 g/mol. The van der Waals surface area contributed by atoms with Crippen LogP contribution < -0.4 is 5.32 Å². The van der Waals surface area contributed by atoms with E-state index in [1.807, 2.05) is 4.90 Å². The number of carbonyl (C=O) groups excluding carboxylic acids is 1. The van der Waals surface area contributed by atoms with Crippen LogP contribution in [-0.4, -0.2) is 80.4 Å². The number of nitrogens with zero attached hydrogens (tertiary/aromatic N) is 3. The van der Waals surface area contributed by atoms with Crippen LogP contribution in [0.1, 0.15) is 30.4 Å². The maximum absolute atomic E-state index is 12.8. The van der Waals surface area contributed by atoms with Gasteiger partial charge >= 0.3 is 6.18 Å². The Hall–Kier alpha value is -2.17. The number of piperidine rings is 1. The molecule has 2 fully saturated rings. The van der Waals surface area contributed by atoms with Crippen LogP contribution in [-0.2, 0) is 27.2 Å². The van der Waals surface area contributed by atoms with Crippen molar-refractivity contribution in [3.63, 3.8) is 0 Å². The van der Waals surface area contributed by atoms with Gasteiger partial charge in [-0.3, -0.25) is 9.69 Å². The van der Waals surface area contributed by atoms with E-state index in [2.05, 4.69) is 15.4 Å². The first-order chi connectivity index (χ1) is 15.4. The Morgan fingerprint density at radius 1 is 1.12 bits per heavy atom. The largest absolute Gasteiger partial charge is 0.416 e. The molecule has 2 aliphatic heterocycles. The number of hydrogen-bond donors (Lipinski definition) is 1. The minimum Gasteiger partial charge on any atom is -0.391 e. The van der Waals surface area contributed by atoms with Crippen LogP contribution in [0.5, 0.6) is 0 Å². The summed E-state index contributed by atoms with van der Waals surface area (Å²) in [4.78, 5) is 21.8. The fraction of sp³-hybridized carbons (Fsp3) is 0.636. The molecule has 1 aromatic carbocycles. The van der Waals surface area contributed by atoms with Crippen molar-refractivity contribution in [3.05, 3.63) is 35.4 Å². The topological polar surface area (TPSA) is 66.4 Å². The van der Waals surface area contributed by atoms with Crippen molar-refractivity contribution in [2.45, 2.75) is 32.0 Å². The van der Waals surface area contributed by atoms with Crippen LogP contribution in [0.2, 0.25) is 0 Å². The average molecular weight is 457 g/mol. The highest BCUT2D eigenvalue weighted by Gasteiger charge is 2.30. The molecule has 0 aliphatic carbocycles. The zero-order valence-corrected chi connectivity index (χ0v) is 18.2. The third kappa shape index (κ3) is 8.07. The van der Waals surface area contributed by atoms with Crippen molar-refractivity contribution in [2.75, 3.05) is 59.0 Å². The molecule has 0 bridgehead atoms. The lowest BCUT2D eigenvalue weighted by Crippen LogP contribution is -2.42. The molecule has 0 atom stereocenters. The molecule has 1 N–H and O–H groups in total. The zero-order chi connectivity index (χ0) is 22.8. The van der Waals surface area contributed by atoms with Gasteiger partial charge in [0, 0.05) is 65.1 Å². The van der Waals surface area contributed by atoms with Gasteiger partial charge in [-0.25, -0.2) is 0 Å². The molecule has 0 unspecified atom stereocenters. The van der Waals surface area contributed by atoms with Crippen LogP contribution >= 0.6 is 0 Å². The van der Waals surface area contributed by atoms with Crippen molar-refractivity contribution in [1.29, 1.82) is 0 Å². The number of alkyl halides is 3. The number of ether oxygens (including phenoxy) is 1. The molecule has 1 aromatic rings. The van der Waals surface area contributed by atoms with E-state index >= 15 is 0 Å². The SMILES string of the molecule is O=C(CCNCCN1CCOCC1)N1CCC(=NOCc2cccc(C(F)(F)F)c2)CC1. The number of rotatable bonds is 9. The number of morpholine rings is 1. The van der Waals surface area contributed by atoms with E-state index in [4.69, 9.17) is 9.57 Å². The molecule has 3 rings (SSSR count). The fourth-order valence-corrected chi connectivity index (χ4v) is 3.68. The number of benzene rings is 1. The Balaban J connectivity index is 1.29. The molecule has 0 aromatic heterocycles. The van der Waals surface area contributed by atoms with Gasteiger partial charge in [-0.2, -0.15) is 13.2 Å². The summed E-state index contributed by atoms with van der Waals surface area (Å²) in [5.41, 5.74) is 0.538. The van der Waals surface area contributed by atoms with Crippen LogP contribution in [0.4, 0.5) is 13.2 Å². The molecule has 2 heterocycles. The highest BCUT2D eigenvalue weighted by atomic mass is 19.4. The van der Waals surface area contributed by atoms with E-state index in [0.717, 1.165) is 57.2 Å². The number of carbonyl (C=O) groups is 1. The van der Waals surface area contributed by atoms with E-state index in [-0.39, 0.29) is 12.5 Å². The second kappa shape index (κ2) is 12.2. The van der Waals surface area contributed by atoms with Crippen molar-refractivity contribution in [2.24, 2.45) is 5.16 Å². The number of amides is 1. The van der Waals surface area contributed by atoms with Crippen molar-refractivity contribution in [1.82, 2.24) is 15.1 Å². The lowest BCUT2D eigenvalue weighted by molar-refractivity contribution is -0.137. The molecular formula is C22H31F3N4O3. The quantitative estimate of drug-likeness (QED) is 0.457. The summed E-state index contributed by atoms with van der Waals surface area (Å²) in [7, 11) is 0. The van der Waals surface area contributed by atoms with Gasteiger partial charge in [-0.05, 0) is 17.7 Å². The second-order valence-electron chi connectivity index (χ2n) is 7.96. The monoisotopic (exact) mass is 456 g/mol. The van der Waals surface area contributed by atoms with Crippen molar-refractivity contribution < 1.29 is 27.5 Å². The molecule has 0 radical (unpaired) electrons. The standard InChI is InChI=1S/C22H31F3N4O3/c23-22(24,25)19-3-1-2-18(16-19)17-32-27-20-5-9-29(10-6-20)21(30)4-7-26-8-11-28-12-14-31-15-13-28/h1-3,16,26H,4-15,17H2. The first kappa shape index (κ1) is 24.5. The predicted molar refractivity (Wildman–Crippen MR) is 114 cm³/mol. The lowest BCUT2D eigenvalue weighted by atomic mass is 10.1. The van der Waals surface area contributed by atoms with Crippen LogP contribution in [0, 0.1) is 0 Å². The number of halogens is 3. The zero-order valence-electron chi connectivity index (χ0n) is 18.2. The lowest BCUT2D eigenvalue weighted by Gasteiger charge is -2.28. The van der Waals surface area contributed by atoms with Gasteiger partial charge in [-0.15, -0.1) is 0 Å².